The van der Waals surface area contributed by atoms with Crippen LogP contribution in [0, 0.1) is 5.92 Å². The zero-order valence-electron chi connectivity index (χ0n) is 11.6. The number of allylic oxidation sites excluding steroid dienone is 2. The summed E-state index contributed by atoms with van der Waals surface area (Å²) in [5.41, 5.74) is 1.06. The lowest BCUT2D eigenvalue weighted by molar-refractivity contribution is -0.233. The van der Waals surface area contributed by atoms with E-state index in [-0.39, 0.29) is 11.7 Å². The van der Waals surface area contributed by atoms with Crippen LogP contribution in [-0.2, 0) is 4.74 Å². The molecule has 0 unspecified atom stereocenters. The van der Waals surface area contributed by atoms with Crippen LogP contribution >= 0.6 is 0 Å². The molecule has 0 spiro atoms. The molecule has 0 aromatic carbocycles. The zero-order chi connectivity index (χ0) is 12.7. The second-order valence-electron chi connectivity index (χ2n) is 6.59. The SMILES string of the molecule is CC1=CC[C@@H]([C@]2(C)CC[C@H](O)C(C)(C)O2)CC1. The van der Waals surface area contributed by atoms with Crippen molar-refractivity contribution in [2.75, 3.05) is 0 Å². The highest BCUT2D eigenvalue weighted by Gasteiger charge is 2.46. The van der Waals surface area contributed by atoms with E-state index in [2.05, 4.69) is 19.9 Å². The number of aliphatic hydroxyl groups is 1. The maximum absolute atomic E-state index is 9.97. The van der Waals surface area contributed by atoms with Crippen molar-refractivity contribution in [3.8, 4) is 0 Å². The van der Waals surface area contributed by atoms with Crippen molar-refractivity contribution in [2.45, 2.75) is 77.1 Å². The molecule has 98 valence electrons. The standard InChI is InChI=1S/C15H26O2/c1-11-5-7-12(8-6-11)15(4)10-9-13(16)14(2,3)17-15/h5,12-13,16H,6-10H2,1-4H3/t12-,13+,15+/m1/s1. The van der Waals surface area contributed by atoms with Gasteiger partial charge in [-0.25, -0.2) is 0 Å². The summed E-state index contributed by atoms with van der Waals surface area (Å²) in [7, 11) is 0. The lowest BCUT2D eigenvalue weighted by Gasteiger charge is -2.50. The third-order valence-electron chi connectivity index (χ3n) is 4.71. The van der Waals surface area contributed by atoms with Crippen molar-refractivity contribution in [3.05, 3.63) is 11.6 Å². The summed E-state index contributed by atoms with van der Waals surface area (Å²) in [5, 5.41) is 9.97. The molecule has 2 heteroatoms. The van der Waals surface area contributed by atoms with Gasteiger partial charge in [0.2, 0.25) is 0 Å². The molecule has 1 saturated heterocycles. The lowest BCUT2D eigenvalue weighted by atomic mass is 9.73. The fourth-order valence-corrected chi connectivity index (χ4v) is 3.30. The maximum Gasteiger partial charge on any atom is 0.0891 e. The van der Waals surface area contributed by atoms with Crippen LogP contribution in [0.4, 0.5) is 0 Å². The van der Waals surface area contributed by atoms with Crippen LogP contribution in [0.3, 0.4) is 0 Å². The van der Waals surface area contributed by atoms with Crippen LogP contribution in [0.25, 0.3) is 0 Å². The van der Waals surface area contributed by atoms with Gasteiger partial charge in [-0.1, -0.05) is 11.6 Å². The van der Waals surface area contributed by atoms with Crippen LogP contribution in [0.1, 0.15) is 59.8 Å². The van der Waals surface area contributed by atoms with E-state index in [9.17, 15) is 5.11 Å². The third-order valence-corrected chi connectivity index (χ3v) is 4.71. The van der Waals surface area contributed by atoms with Gasteiger partial charge >= 0.3 is 0 Å². The Balaban J connectivity index is 2.10. The van der Waals surface area contributed by atoms with Gasteiger partial charge in [0.05, 0.1) is 17.3 Å². The molecule has 17 heavy (non-hydrogen) atoms. The van der Waals surface area contributed by atoms with Gasteiger partial charge in [-0.2, -0.15) is 0 Å². The average molecular weight is 238 g/mol. The first-order chi connectivity index (χ1) is 7.83. The van der Waals surface area contributed by atoms with E-state index in [4.69, 9.17) is 4.74 Å². The number of hydrogen-bond donors (Lipinski definition) is 1. The van der Waals surface area contributed by atoms with Gasteiger partial charge in [-0.15, -0.1) is 0 Å². The first-order valence-corrected chi connectivity index (χ1v) is 6.87. The van der Waals surface area contributed by atoms with Crippen LogP contribution in [0.15, 0.2) is 11.6 Å². The molecule has 0 bridgehead atoms. The zero-order valence-corrected chi connectivity index (χ0v) is 11.6. The van der Waals surface area contributed by atoms with Gasteiger partial charge in [0, 0.05) is 0 Å². The largest absolute Gasteiger partial charge is 0.390 e. The molecule has 1 heterocycles. The quantitative estimate of drug-likeness (QED) is 0.709. The Morgan fingerprint density at radius 1 is 1.29 bits per heavy atom. The van der Waals surface area contributed by atoms with Crippen LogP contribution < -0.4 is 0 Å². The molecular weight excluding hydrogens is 212 g/mol. The smallest absolute Gasteiger partial charge is 0.0891 e. The van der Waals surface area contributed by atoms with Crippen molar-refractivity contribution < 1.29 is 9.84 Å². The molecule has 1 fully saturated rings. The van der Waals surface area contributed by atoms with Gasteiger partial charge in [0.1, 0.15) is 0 Å². The summed E-state index contributed by atoms with van der Waals surface area (Å²) >= 11 is 0. The van der Waals surface area contributed by atoms with Crippen molar-refractivity contribution in [1.82, 2.24) is 0 Å². The molecule has 1 aliphatic carbocycles. The molecule has 0 saturated carbocycles. The van der Waals surface area contributed by atoms with E-state index in [0.29, 0.717) is 5.92 Å². The normalized spacial score (nSPS) is 42.1. The van der Waals surface area contributed by atoms with Gasteiger partial charge in [0.25, 0.3) is 0 Å². The Kier molecular flexibility index (Phi) is 3.39. The molecule has 0 aromatic heterocycles. The number of hydrogen-bond acceptors (Lipinski definition) is 2. The maximum atomic E-state index is 9.97. The molecule has 3 atom stereocenters. The van der Waals surface area contributed by atoms with Crippen molar-refractivity contribution in [3.63, 3.8) is 0 Å². The summed E-state index contributed by atoms with van der Waals surface area (Å²) in [6.07, 6.45) is 7.45. The predicted molar refractivity (Wildman–Crippen MR) is 69.9 cm³/mol. The molecule has 1 aliphatic heterocycles. The Morgan fingerprint density at radius 2 is 2.00 bits per heavy atom. The molecule has 2 aliphatic rings. The van der Waals surface area contributed by atoms with Gasteiger partial charge in [-0.3, -0.25) is 0 Å². The second-order valence-corrected chi connectivity index (χ2v) is 6.59. The minimum absolute atomic E-state index is 0.0556. The van der Waals surface area contributed by atoms with E-state index < -0.39 is 5.60 Å². The minimum atomic E-state index is -0.400. The number of rotatable bonds is 1. The van der Waals surface area contributed by atoms with Crippen LogP contribution in [0.5, 0.6) is 0 Å². The van der Waals surface area contributed by atoms with E-state index in [0.717, 1.165) is 19.3 Å². The Morgan fingerprint density at radius 3 is 2.53 bits per heavy atom. The van der Waals surface area contributed by atoms with Crippen molar-refractivity contribution in [1.29, 1.82) is 0 Å². The van der Waals surface area contributed by atoms with Crippen molar-refractivity contribution in [2.24, 2.45) is 5.92 Å². The summed E-state index contributed by atoms with van der Waals surface area (Å²) in [5.74, 6) is 0.609. The summed E-state index contributed by atoms with van der Waals surface area (Å²) < 4.78 is 6.27. The van der Waals surface area contributed by atoms with E-state index in [1.165, 1.54) is 18.4 Å². The summed E-state index contributed by atoms with van der Waals surface area (Å²) in [6, 6.07) is 0. The molecule has 0 amide bonds. The third kappa shape index (κ3) is 2.58. The van der Waals surface area contributed by atoms with Crippen LogP contribution in [0.2, 0.25) is 0 Å². The first kappa shape index (κ1) is 13.1. The minimum Gasteiger partial charge on any atom is -0.390 e. The van der Waals surface area contributed by atoms with Gasteiger partial charge in [-0.05, 0) is 65.7 Å². The van der Waals surface area contributed by atoms with Gasteiger partial charge < -0.3 is 9.84 Å². The molecule has 2 rings (SSSR count). The second kappa shape index (κ2) is 4.40. The molecular formula is C15H26O2. The predicted octanol–water partition coefficient (Wildman–Crippen LogP) is 3.44. The van der Waals surface area contributed by atoms with Gasteiger partial charge in [0.15, 0.2) is 0 Å². The fraction of sp³-hybridized carbons (Fsp3) is 0.867. The number of aliphatic hydroxyl groups excluding tert-OH is 1. The van der Waals surface area contributed by atoms with E-state index >= 15 is 0 Å². The van der Waals surface area contributed by atoms with E-state index in [1.54, 1.807) is 0 Å². The topological polar surface area (TPSA) is 29.5 Å². The van der Waals surface area contributed by atoms with E-state index in [1.807, 2.05) is 13.8 Å². The summed E-state index contributed by atoms with van der Waals surface area (Å²) in [6.45, 7) is 8.48. The highest BCUT2D eigenvalue weighted by Crippen LogP contribution is 2.44. The Labute approximate surface area is 105 Å². The molecule has 0 radical (unpaired) electrons. The Bertz CT molecular complexity index is 319. The highest BCUT2D eigenvalue weighted by atomic mass is 16.5. The lowest BCUT2D eigenvalue weighted by Crippen LogP contribution is -2.55. The average Bonchev–Trinajstić information content (AvgIpc) is 2.24. The van der Waals surface area contributed by atoms with Crippen LogP contribution in [-0.4, -0.2) is 22.4 Å². The highest BCUT2D eigenvalue weighted by molar-refractivity contribution is 5.07. The molecule has 0 aromatic rings. The monoisotopic (exact) mass is 238 g/mol. The molecule has 1 N–H and O–H groups in total. The fourth-order valence-electron chi connectivity index (χ4n) is 3.30. The molecule has 2 nitrogen and oxygen atoms in total. The summed E-state index contributed by atoms with van der Waals surface area (Å²) in [4.78, 5) is 0. The van der Waals surface area contributed by atoms with Crippen molar-refractivity contribution >= 4 is 0 Å². The number of ether oxygens (including phenoxy) is 1. The first-order valence-electron chi connectivity index (χ1n) is 6.87. The Hall–Kier alpha value is -0.340.